The minimum absolute atomic E-state index is 0.501. The highest BCUT2D eigenvalue weighted by molar-refractivity contribution is 9.10. The Hall–Kier alpha value is -0.570. The van der Waals surface area contributed by atoms with Gasteiger partial charge in [-0.1, -0.05) is 62.2 Å². The van der Waals surface area contributed by atoms with Gasteiger partial charge in [-0.15, -0.1) is 11.6 Å². The zero-order chi connectivity index (χ0) is 13.0. The highest BCUT2D eigenvalue weighted by Crippen LogP contribution is 2.26. The molecule has 0 unspecified atom stereocenters. The smallest absolute Gasteiger partial charge is 0.0413 e. The predicted molar refractivity (Wildman–Crippen MR) is 86.1 cm³/mol. The third kappa shape index (κ3) is 3.47. The van der Waals surface area contributed by atoms with Crippen LogP contribution in [0.1, 0.15) is 11.1 Å². The topological polar surface area (TPSA) is 0 Å². The predicted octanol–water partition coefficient (Wildman–Crippen LogP) is 5.88. The number of hydrogen-bond acceptors (Lipinski definition) is 0. The second-order valence-electron chi connectivity index (χ2n) is 3.79. The van der Waals surface area contributed by atoms with Gasteiger partial charge in [-0.2, -0.15) is 0 Å². The van der Waals surface area contributed by atoms with Gasteiger partial charge in [0.1, 0.15) is 0 Å². The number of rotatable bonds is 3. The van der Waals surface area contributed by atoms with Gasteiger partial charge in [0.2, 0.25) is 0 Å². The van der Waals surface area contributed by atoms with Crippen LogP contribution in [0, 0.1) is 0 Å². The zero-order valence-corrected chi connectivity index (χ0v) is 13.5. The summed E-state index contributed by atoms with van der Waals surface area (Å²) in [4.78, 5) is 0. The highest BCUT2D eigenvalue weighted by atomic mass is 79.9. The van der Waals surface area contributed by atoms with Crippen LogP contribution in [0.25, 0.3) is 5.57 Å². The highest BCUT2D eigenvalue weighted by Gasteiger charge is 2.04. The van der Waals surface area contributed by atoms with Crippen molar-refractivity contribution in [3.8, 4) is 0 Å². The van der Waals surface area contributed by atoms with Crippen LogP contribution in [0.2, 0.25) is 0 Å². The van der Waals surface area contributed by atoms with Crippen molar-refractivity contribution in [1.29, 1.82) is 0 Å². The normalized spacial score (nSPS) is 10.2. The summed E-state index contributed by atoms with van der Waals surface area (Å²) in [5.74, 6) is 0.501. The second kappa shape index (κ2) is 6.55. The quantitative estimate of drug-likeness (QED) is 0.578. The van der Waals surface area contributed by atoms with Crippen molar-refractivity contribution in [3.63, 3.8) is 0 Å². The van der Waals surface area contributed by atoms with Gasteiger partial charge in [-0.05, 0) is 41.0 Å². The summed E-state index contributed by atoms with van der Waals surface area (Å²) in [7, 11) is 0. The lowest BCUT2D eigenvalue weighted by molar-refractivity contribution is 1.50. The van der Waals surface area contributed by atoms with Gasteiger partial charge in [0, 0.05) is 14.8 Å². The van der Waals surface area contributed by atoms with Gasteiger partial charge in [0.25, 0.3) is 0 Å². The maximum Gasteiger partial charge on any atom is 0.0413 e. The van der Waals surface area contributed by atoms with Gasteiger partial charge in [0.15, 0.2) is 0 Å². The van der Waals surface area contributed by atoms with E-state index < -0.39 is 0 Å². The molecule has 0 heterocycles. The number of allylic oxidation sites excluding steroid dienone is 1. The van der Waals surface area contributed by atoms with E-state index in [1.807, 2.05) is 30.3 Å². The molecule has 92 valence electrons. The molecule has 0 aliphatic carbocycles. The molecule has 0 nitrogen and oxygen atoms in total. The standard InChI is InChI=1S/C15H11Br2Cl/c16-13-5-1-11(2-6-13)15(9-10-18)12-3-7-14(17)8-4-12/h1-9H,10H2. The molecule has 2 aromatic rings. The largest absolute Gasteiger partial charge is 0.122 e. The van der Waals surface area contributed by atoms with E-state index in [1.165, 1.54) is 11.1 Å². The first-order chi connectivity index (χ1) is 8.70. The lowest BCUT2D eigenvalue weighted by Gasteiger charge is -2.08. The molecule has 2 rings (SSSR count). The molecule has 0 aromatic heterocycles. The van der Waals surface area contributed by atoms with Crippen molar-refractivity contribution in [2.45, 2.75) is 0 Å². The third-order valence-corrected chi connectivity index (χ3v) is 3.80. The van der Waals surface area contributed by atoms with E-state index >= 15 is 0 Å². The molecule has 0 aliphatic rings. The zero-order valence-electron chi connectivity index (χ0n) is 9.54. The Kier molecular flexibility index (Phi) is 5.04. The van der Waals surface area contributed by atoms with Crippen LogP contribution in [-0.4, -0.2) is 5.88 Å². The van der Waals surface area contributed by atoms with E-state index in [1.54, 1.807) is 0 Å². The molecule has 2 aromatic carbocycles. The molecular formula is C15H11Br2Cl. The summed E-state index contributed by atoms with van der Waals surface area (Å²) >= 11 is 12.8. The Morgan fingerprint density at radius 1 is 0.833 bits per heavy atom. The molecule has 0 spiro atoms. The van der Waals surface area contributed by atoms with Crippen LogP contribution in [0.4, 0.5) is 0 Å². The van der Waals surface area contributed by atoms with Crippen LogP contribution >= 0.6 is 43.5 Å². The molecular weight excluding hydrogens is 375 g/mol. The van der Waals surface area contributed by atoms with Crippen LogP contribution in [0.15, 0.2) is 63.6 Å². The molecule has 18 heavy (non-hydrogen) atoms. The lowest BCUT2D eigenvalue weighted by atomic mass is 9.98. The molecule has 0 saturated heterocycles. The fraction of sp³-hybridized carbons (Fsp3) is 0.0667. The first-order valence-corrected chi connectivity index (χ1v) is 7.61. The van der Waals surface area contributed by atoms with Crippen LogP contribution in [0.3, 0.4) is 0 Å². The summed E-state index contributed by atoms with van der Waals surface area (Å²) in [6.07, 6.45) is 2.04. The van der Waals surface area contributed by atoms with Gasteiger partial charge in [-0.3, -0.25) is 0 Å². The SMILES string of the molecule is ClCC=C(c1ccc(Br)cc1)c1ccc(Br)cc1. The fourth-order valence-corrected chi connectivity index (χ4v) is 2.42. The summed E-state index contributed by atoms with van der Waals surface area (Å²) < 4.78 is 2.15. The summed E-state index contributed by atoms with van der Waals surface area (Å²) in [6, 6.07) is 16.5. The minimum Gasteiger partial charge on any atom is -0.122 e. The average Bonchev–Trinajstić information content (AvgIpc) is 2.39. The summed E-state index contributed by atoms with van der Waals surface area (Å²) in [6.45, 7) is 0. The van der Waals surface area contributed by atoms with Crippen molar-refractivity contribution in [2.24, 2.45) is 0 Å². The number of halogens is 3. The van der Waals surface area contributed by atoms with Gasteiger partial charge >= 0.3 is 0 Å². The molecule has 0 saturated carbocycles. The van der Waals surface area contributed by atoms with Crippen molar-refractivity contribution in [2.75, 3.05) is 5.88 Å². The van der Waals surface area contributed by atoms with E-state index in [0.717, 1.165) is 14.5 Å². The van der Waals surface area contributed by atoms with E-state index in [2.05, 4.69) is 56.1 Å². The fourth-order valence-electron chi connectivity index (χ4n) is 1.74. The maximum atomic E-state index is 5.86. The molecule has 0 radical (unpaired) electrons. The Labute approximate surface area is 129 Å². The Morgan fingerprint density at radius 3 is 1.56 bits per heavy atom. The van der Waals surface area contributed by atoms with Gasteiger partial charge < -0.3 is 0 Å². The average molecular weight is 387 g/mol. The van der Waals surface area contributed by atoms with Crippen LogP contribution in [-0.2, 0) is 0 Å². The minimum atomic E-state index is 0.501. The Morgan fingerprint density at radius 2 is 1.22 bits per heavy atom. The molecule has 3 heteroatoms. The van der Waals surface area contributed by atoms with Crippen LogP contribution < -0.4 is 0 Å². The van der Waals surface area contributed by atoms with Crippen molar-refractivity contribution in [3.05, 3.63) is 74.7 Å². The van der Waals surface area contributed by atoms with E-state index in [4.69, 9.17) is 11.6 Å². The molecule has 0 amide bonds. The van der Waals surface area contributed by atoms with E-state index in [0.29, 0.717) is 5.88 Å². The van der Waals surface area contributed by atoms with Crippen molar-refractivity contribution in [1.82, 2.24) is 0 Å². The van der Waals surface area contributed by atoms with Crippen LogP contribution in [0.5, 0.6) is 0 Å². The monoisotopic (exact) mass is 384 g/mol. The number of alkyl halides is 1. The maximum absolute atomic E-state index is 5.86. The molecule has 0 atom stereocenters. The number of benzene rings is 2. The summed E-state index contributed by atoms with van der Waals surface area (Å²) in [5.41, 5.74) is 3.49. The molecule has 0 bridgehead atoms. The third-order valence-electron chi connectivity index (χ3n) is 2.59. The second-order valence-corrected chi connectivity index (χ2v) is 5.93. The number of hydrogen-bond donors (Lipinski definition) is 0. The van der Waals surface area contributed by atoms with Gasteiger partial charge in [-0.25, -0.2) is 0 Å². The van der Waals surface area contributed by atoms with Crippen molar-refractivity contribution < 1.29 is 0 Å². The first kappa shape index (κ1) is 13.9. The Balaban J connectivity index is 2.43. The van der Waals surface area contributed by atoms with E-state index in [-0.39, 0.29) is 0 Å². The molecule has 0 aliphatic heterocycles. The van der Waals surface area contributed by atoms with E-state index in [9.17, 15) is 0 Å². The summed E-state index contributed by atoms with van der Waals surface area (Å²) in [5, 5.41) is 0. The lowest BCUT2D eigenvalue weighted by Crippen LogP contribution is -1.88. The van der Waals surface area contributed by atoms with Gasteiger partial charge in [0.05, 0.1) is 0 Å². The molecule has 0 fully saturated rings. The van der Waals surface area contributed by atoms with Crippen molar-refractivity contribution >= 4 is 49.0 Å². The first-order valence-electron chi connectivity index (χ1n) is 5.48. The molecule has 0 N–H and O–H groups in total. The Bertz CT molecular complexity index is 494.